The van der Waals surface area contributed by atoms with E-state index in [9.17, 15) is 0 Å². The van der Waals surface area contributed by atoms with Gasteiger partial charge in [-0.1, -0.05) is 5.21 Å². The Hall–Kier alpha value is -1.82. The van der Waals surface area contributed by atoms with Crippen LogP contribution in [-0.2, 0) is 18.6 Å². The van der Waals surface area contributed by atoms with Crippen molar-refractivity contribution < 1.29 is 0 Å². The van der Waals surface area contributed by atoms with Crippen LogP contribution >= 0.6 is 0 Å². The predicted molar refractivity (Wildman–Crippen MR) is 72.3 cm³/mol. The van der Waals surface area contributed by atoms with Gasteiger partial charge in [0, 0.05) is 25.5 Å². The highest BCUT2D eigenvalue weighted by Crippen LogP contribution is 2.11. The fraction of sp³-hybridized carbons (Fsp3) is 0.538. The average molecular weight is 260 g/mol. The molecule has 2 aromatic rings. The predicted octanol–water partition coefficient (Wildman–Crippen LogP) is 1.42. The molecule has 0 aromatic carbocycles. The SMILES string of the molecule is Cc1cnc(CNCc2cn(C(C)(C)C)nn2)cn1. The van der Waals surface area contributed by atoms with Crippen molar-refractivity contribution in [2.24, 2.45) is 0 Å². The second kappa shape index (κ2) is 5.44. The Morgan fingerprint density at radius 3 is 2.42 bits per heavy atom. The second-order valence-corrected chi connectivity index (χ2v) is 5.58. The van der Waals surface area contributed by atoms with E-state index in [4.69, 9.17) is 0 Å². The van der Waals surface area contributed by atoms with Gasteiger partial charge in [0.1, 0.15) is 0 Å². The highest BCUT2D eigenvalue weighted by molar-refractivity contribution is 5.01. The maximum atomic E-state index is 4.29. The van der Waals surface area contributed by atoms with Crippen LogP contribution in [0.1, 0.15) is 37.9 Å². The van der Waals surface area contributed by atoms with Crippen LogP contribution in [0.5, 0.6) is 0 Å². The lowest BCUT2D eigenvalue weighted by atomic mass is 10.1. The summed E-state index contributed by atoms with van der Waals surface area (Å²) < 4.78 is 1.87. The van der Waals surface area contributed by atoms with E-state index in [1.807, 2.05) is 17.8 Å². The van der Waals surface area contributed by atoms with Gasteiger partial charge in [-0.3, -0.25) is 9.97 Å². The van der Waals surface area contributed by atoms with E-state index in [0.717, 1.165) is 17.1 Å². The van der Waals surface area contributed by atoms with Gasteiger partial charge in [0.05, 0.1) is 28.8 Å². The zero-order valence-corrected chi connectivity index (χ0v) is 11.9. The maximum Gasteiger partial charge on any atom is 0.0965 e. The summed E-state index contributed by atoms with van der Waals surface area (Å²) in [7, 11) is 0. The van der Waals surface area contributed by atoms with E-state index in [0.29, 0.717) is 13.1 Å². The third kappa shape index (κ3) is 3.82. The molecule has 2 rings (SSSR count). The summed E-state index contributed by atoms with van der Waals surface area (Å²) in [5.41, 5.74) is 2.74. The van der Waals surface area contributed by atoms with E-state index in [1.165, 1.54) is 0 Å². The topological polar surface area (TPSA) is 68.5 Å². The van der Waals surface area contributed by atoms with E-state index in [1.54, 1.807) is 12.4 Å². The molecule has 0 saturated carbocycles. The number of hydrogen-bond acceptors (Lipinski definition) is 5. The van der Waals surface area contributed by atoms with Gasteiger partial charge in [-0.05, 0) is 27.7 Å². The molecule has 0 unspecified atom stereocenters. The molecule has 1 N–H and O–H groups in total. The first-order chi connectivity index (χ1) is 8.95. The smallest absolute Gasteiger partial charge is 0.0965 e. The summed E-state index contributed by atoms with van der Waals surface area (Å²) in [5.74, 6) is 0. The van der Waals surface area contributed by atoms with Gasteiger partial charge < -0.3 is 5.32 Å². The van der Waals surface area contributed by atoms with E-state index >= 15 is 0 Å². The van der Waals surface area contributed by atoms with Crippen LogP contribution < -0.4 is 5.32 Å². The lowest BCUT2D eigenvalue weighted by Gasteiger charge is -2.17. The summed E-state index contributed by atoms with van der Waals surface area (Å²) in [6, 6.07) is 0. The number of aromatic nitrogens is 5. The molecule has 0 aliphatic rings. The van der Waals surface area contributed by atoms with Gasteiger partial charge in [-0.2, -0.15) is 0 Å². The van der Waals surface area contributed by atoms with Crippen molar-refractivity contribution in [2.45, 2.75) is 46.3 Å². The molecule has 0 radical (unpaired) electrons. The quantitative estimate of drug-likeness (QED) is 0.900. The number of nitrogens with zero attached hydrogens (tertiary/aromatic N) is 5. The lowest BCUT2D eigenvalue weighted by Crippen LogP contribution is -2.22. The minimum absolute atomic E-state index is 0.0340. The van der Waals surface area contributed by atoms with Crippen molar-refractivity contribution in [3.63, 3.8) is 0 Å². The normalized spacial score (nSPS) is 11.8. The first-order valence-electron chi connectivity index (χ1n) is 6.35. The zero-order valence-electron chi connectivity index (χ0n) is 11.9. The van der Waals surface area contributed by atoms with Crippen LogP contribution in [0.15, 0.2) is 18.6 Å². The minimum Gasteiger partial charge on any atom is -0.305 e. The Labute approximate surface area is 113 Å². The Bertz CT molecular complexity index is 523. The fourth-order valence-corrected chi connectivity index (χ4v) is 1.54. The Morgan fingerprint density at radius 2 is 1.84 bits per heavy atom. The molecule has 0 amide bonds. The van der Waals surface area contributed by atoms with Gasteiger partial charge in [0.15, 0.2) is 0 Å². The molecule has 0 bridgehead atoms. The van der Waals surface area contributed by atoms with Crippen molar-refractivity contribution in [2.75, 3.05) is 0 Å². The Balaban J connectivity index is 1.86. The van der Waals surface area contributed by atoms with Gasteiger partial charge >= 0.3 is 0 Å². The largest absolute Gasteiger partial charge is 0.305 e. The summed E-state index contributed by atoms with van der Waals surface area (Å²) in [5, 5.41) is 11.5. The molecule has 0 spiro atoms. The van der Waals surface area contributed by atoms with Crippen LogP contribution in [0.25, 0.3) is 0 Å². The fourth-order valence-electron chi connectivity index (χ4n) is 1.54. The van der Waals surface area contributed by atoms with Gasteiger partial charge in [-0.15, -0.1) is 5.10 Å². The van der Waals surface area contributed by atoms with E-state index < -0.39 is 0 Å². The molecular formula is C13H20N6. The van der Waals surface area contributed by atoms with Crippen LogP contribution in [0.2, 0.25) is 0 Å². The van der Waals surface area contributed by atoms with Crippen LogP contribution in [0, 0.1) is 6.92 Å². The molecule has 6 nitrogen and oxygen atoms in total. The van der Waals surface area contributed by atoms with Crippen molar-refractivity contribution >= 4 is 0 Å². The first kappa shape index (κ1) is 13.6. The highest BCUT2D eigenvalue weighted by Gasteiger charge is 2.14. The monoisotopic (exact) mass is 260 g/mol. The number of nitrogens with one attached hydrogen (secondary N) is 1. The van der Waals surface area contributed by atoms with Crippen molar-refractivity contribution in [1.82, 2.24) is 30.3 Å². The number of aryl methyl sites for hydroxylation is 1. The van der Waals surface area contributed by atoms with Gasteiger partial charge in [0.25, 0.3) is 0 Å². The summed E-state index contributed by atoms with van der Waals surface area (Å²) in [6.45, 7) is 9.57. The van der Waals surface area contributed by atoms with Crippen LogP contribution in [0.4, 0.5) is 0 Å². The van der Waals surface area contributed by atoms with Crippen molar-refractivity contribution in [3.05, 3.63) is 35.7 Å². The van der Waals surface area contributed by atoms with E-state index in [2.05, 4.69) is 46.4 Å². The molecule has 2 heterocycles. The molecule has 0 atom stereocenters. The second-order valence-electron chi connectivity index (χ2n) is 5.58. The summed E-state index contributed by atoms with van der Waals surface area (Å²) in [6.07, 6.45) is 5.52. The molecule has 2 aromatic heterocycles. The zero-order chi connectivity index (χ0) is 13.9. The van der Waals surface area contributed by atoms with Gasteiger partial charge in [0.2, 0.25) is 0 Å². The minimum atomic E-state index is -0.0340. The van der Waals surface area contributed by atoms with Crippen LogP contribution in [0.3, 0.4) is 0 Å². The maximum absolute atomic E-state index is 4.29. The standard InChI is InChI=1S/C13H20N6/c1-10-5-16-11(8-15-10)6-14-7-12-9-19(18-17-12)13(2,3)4/h5,8-9,14H,6-7H2,1-4H3. The van der Waals surface area contributed by atoms with Crippen molar-refractivity contribution in [1.29, 1.82) is 0 Å². The van der Waals surface area contributed by atoms with Crippen LogP contribution in [-0.4, -0.2) is 25.0 Å². The molecule has 0 fully saturated rings. The molecule has 0 saturated heterocycles. The summed E-state index contributed by atoms with van der Waals surface area (Å²) >= 11 is 0. The molecule has 0 aliphatic heterocycles. The molecular weight excluding hydrogens is 240 g/mol. The van der Waals surface area contributed by atoms with Gasteiger partial charge in [-0.25, -0.2) is 4.68 Å². The third-order valence-electron chi connectivity index (χ3n) is 2.67. The highest BCUT2D eigenvalue weighted by atomic mass is 15.4. The molecule has 0 aliphatic carbocycles. The Morgan fingerprint density at radius 1 is 1.11 bits per heavy atom. The first-order valence-corrected chi connectivity index (χ1v) is 6.35. The third-order valence-corrected chi connectivity index (χ3v) is 2.67. The average Bonchev–Trinajstić information content (AvgIpc) is 2.80. The molecule has 6 heteroatoms. The Kier molecular flexibility index (Phi) is 3.90. The molecule has 102 valence electrons. The number of hydrogen-bond donors (Lipinski definition) is 1. The lowest BCUT2D eigenvalue weighted by molar-refractivity contribution is 0.347. The summed E-state index contributed by atoms with van der Waals surface area (Å²) in [4.78, 5) is 8.49. The molecule has 19 heavy (non-hydrogen) atoms. The van der Waals surface area contributed by atoms with E-state index in [-0.39, 0.29) is 5.54 Å². The van der Waals surface area contributed by atoms with Crippen molar-refractivity contribution in [3.8, 4) is 0 Å². The number of rotatable bonds is 4.